The number of hydrogen-bond acceptors (Lipinski definition) is 7. The molecule has 2 aliphatic rings. The summed E-state index contributed by atoms with van der Waals surface area (Å²) in [6.07, 6.45) is 7.41. The van der Waals surface area contributed by atoms with Crippen LogP contribution in [0.4, 0.5) is 4.79 Å². The van der Waals surface area contributed by atoms with E-state index in [9.17, 15) is 14.4 Å². The number of ether oxygens (including phenoxy) is 3. The number of methoxy groups -OCH3 is 1. The molecule has 36 heavy (non-hydrogen) atoms. The van der Waals surface area contributed by atoms with Crippen LogP contribution in [0, 0.1) is 11.8 Å². The van der Waals surface area contributed by atoms with Gasteiger partial charge in [0.25, 0.3) is 0 Å². The molecule has 0 aromatic carbocycles. The lowest BCUT2D eigenvalue weighted by atomic mass is 9.74. The number of rotatable bonds is 6. The van der Waals surface area contributed by atoms with Crippen LogP contribution in [-0.4, -0.2) is 41.2 Å². The van der Waals surface area contributed by atoms with Gasteiger partial charge in [-0.05, 0) is 67.4 Å². The number of unbranched alkanes of at least 4 members (excludes halogenated alkanes) is 1. The van der Waals surface area contributed by atoms with Crippen LogP contribution in [0.15, 0.2) is 46.6 Å². The number of nitrogens with one attached hydrogen (secondary N) is 1. The third kappa shape index (κ3) is 7.24. The van der Waals surface area contributed by atoms with E-state index in [2.05, 4.69) is 12.2 Å². The maximum atomic E-state index is 13.6. The van der Waals surface area contributed by atoms with Gasteiger partial charge in [-0.3, -0.25) is 4.90 Å². The second-order valence-corrected chi connectivity index (χ2v) is 11.2. The zero-order valence-corrected chi connectivity index (χ0v) is 23.4. The molecule has 8 heteroatoms. The molecule has 0 bridgehead atoms. The van der Waals surface area contributed by atoms with Gasteiger partial charge in [-0.25, -0.2) is 14.4 Å². The minimum atomic E-state index is -0.769. The van der Waals surface area contributed by atoms with Crippen LogP contribution in [0.5, 0.6) is 0 Å². The van der Waals surface area contributed by atoms with Crippen molar-refractivity contribution >= 4 is 18.0 Å². The van der Waals surface area contributed by atoms with E-state index in [0.29, 0.717) is 22.5 Å². The molecule has 0 radical (unpaired) electrons. The molecule has 0 saturated heterocycles. The lowest BCUT2D eigenvalue weighted by Crippen LogP contribution is -2.40. The minimum Gasteiger partial charge on any atom is -0.457 e. The third-order valence-electron chi connectivity index (χ3n) is 5.78. The van der Waals surface area contributed by atoms with Crippen LogP contribution < -0.4 is 5.32 Å². The molecule has 1 N–H and O–H groups in total. The maximum absolute atomic E-state index is 13.6. The second kappa shape index (κ2) is 11.4. The van der Waals surface area contributed by atoms with Crippen molar-refractivity contribution in [2.45, 2.75) is 92.8 Å². The fourth-order valence-corrected chi connectivity index (χ4v) is 4.34. The highest BCUT2D eigenvalue weighted by atomic mass is 16.6. The van der Waals surface area contributed by atoms with Crippen LogP contribution in [0.3, 0.4) is 0 Å². The first-order valence-corrected chi connectivity index (χ1v) is 12.5. The van der Waals surface area contributed by atoms with Crippen LogP contribution in [0.25, 0.3) is 0 Å². The van der Waals surface area contributed by atoms with Crippen molar-refractivity contribution in [3.8, 4) is 0 Å². The Hall–Kier alpha value is -3.03. The van der Waals surface area contributed by atoms with Gasteiger partial charge in [0, 0.05) is 29.7 Å². The predicted molar refractivity (Wildman–Crippen MR) is 138 cm³/mol. The van der Waals surface area contributed by atoms with Crippen LogP contribution in [0.1, 0.15) is 81.6 Å². The molecule has 0 saturated carbocycles. The van der Waals surface area contributed by atoms with Gasteiger partial charge < -0.3 is 19.5 Å². The van der Waals surface area contributed by atoms with E-state index in [-0.39, 0.29) is 5.92 Å². The molecule has 200 valence electrons. The van der Waals surface area contributed by atoms with Crippen molar-refractivity contribution in [2.75, 3.05) is 7.11 Å². The van der Waals surface area contributed by atoms with Gasteiger partial charge in [0.05, 0.1) is 24.2 Å². The Morgan fingerprint density at radius 3 is 1.86 bits per heavy atom. The fraction of sp³-hybridized carbons (Fsp3) is 0.607. The largest absolute Gasteiger partial charge is 0.457 e. The number of dihydropyridines is 1. The average Bonchev–Trinajstić information content (AvgIpc) is 2.73. The lowest BCUT2D eigenvalue weighted by molar-refractivity contribution is -0.151. The van der Waals surface area contributed by atoms with Gasteiger partial charge in [0.15, 0.2) is 0 Å². The van der Waals surface area contributed by atoms with Gasteiger partial charge in [-0.1, -0.05) is 25.8 Å². The second-order valence-electron chi connectivity index (χ2n) is 11.2. The predicted octanol–water partition coefficient (Wildman–Crippen LogP) is 5.72. The summed E-state index contributed by atoms with van der Waals surface area (Å²) in [4.78, 5) is 40.9. The molecule has 2 heterocycles. The van der Waals surface area contributed by atoms with Crippen molar-refractivity contribution in [1.82, 2.24) is 10.2 Å². The van der Waals surface area contributed by atoms with E-state index in [1.165, 1.54) is 12.0 Å². The van der Waals surface area contributed by atoms with Gasteiger partial charge in [0.1, 0.15) is 11.2 Å². The molecule has 0 aromatic heterocycles. The first-order chi connectivity index (χ1) is 16.6. The molecule has 0 aliphatic carbocycles. The van der Waals surface area contributed by atoms with E-state index in [1.54, 1.807) is 67.8 Å². The van der Waals surface area contributed by atoms with E-state index in [1.807, 2.05) is 6.08 Å². The number of amides is 1. The molecule has 1 unspecified atom stereocenters. The number of allylic oxidation sites excluding steroid dienone is 4. The van der Waals surface area contributed by atoms with Gasteiger partial charge in [-0.2, -0.15) is 0 Å². The SMILES string of the molecule is CCCCC1C=CN(C(=O)OC)C=C1C1C(C(=O)OC(C)(C)C)=C(C)NC(C)=C1C(=O)OC(C)(C)C. The third-order valence-corrected chi connectivity index (χ3v) is 5.78. The van der Waals surface area contributed by atoms with Crippen molar-refractivity contribution in [2.24, 2.45) is 11.8 Å². The van der Waals surface area contributed by atoms with E-state index >= 15 is 0 Å². The highest BCUT2D eigenvalue weighted by Gasteiger charge is 2.43. The summed E-state index contributed by atoms with van der Waals surface area (Å²) < 4.78 is 16.5. The summed E-state index contributed by atoms with van der Waals surface area (Å²) in [5.41, 5.74) is 1.09. The molecule has 0 fully saturated rings. The standard InChI is InChI=1S/C28H42N2O6/c1-11-12-13-19-14-15-30(26(33)34-10)16-20(19)23-21(24(31)35-27(4,5)6)17(2)29-18(3)22(23)25(32)36-28(7,8)9/h14-16,19,23,29H,11-13H2,1-10H3. The van der Waals surface area contributed by atoms with Crippen molar-refractivity contribution in [3.63, 3.8) is 0 Å². The maximum Gasteiger partial charge on any atom is 0.417 e. The zero-order chi connectivity index (χ0) is 27.4. The molecule has 2 rings (SSSR count). The van der Waals surface area contributed by atoms with Crippen molar-refractivity contribution in [3.05, 3.63) is 46.6 Å². The Balaban J connectivity index is 2.76. The van der Waals surface area contributed by atoms with Gasteiger partial charge in [0.2, 0.25) is 0 Å². The number of esters is 2. The highest BCUT2D eigenvalue weighted by Crippen LogP contribution is 2.43. The summed E-state index contributed by atoms with van der Waals surface area (Å²) in [6, 6.07) is 0. The molecule has 2 aliphatic heterocycles. The van der Waals surface area contributed by atoms with E-state index in [0.717, 1.165) is 24.8 Å². The lowest BCUT2D eigenvalue weighted by Gasteiger charge is -2.37. The Kier molecular flexibility index (Phi) is 9.21. The molecule has 8 nitrogen and oxygen atoms in total. The number of carbonyl (C=O) groups is 3. The van der Waals surface area contributed by atoms with Crippen LogP contribution >= 0.6 is 0 Å². The quantitative estimate of drug-likeness (QED) is 0.366. The number of hydrogen-bond donors (Lipinski definition) is 1. The minimum absolute atomic E-state index is 0.107. The summed E-state index contributed by atoms with van der Waals surface area (Å²) in [5.74, 6) is -1.93. The van der Waals surface area contributed by atoms with Crippen LogP contribution in [-0.2, 0) is 23.8 Å². The number of nitrogens with zero attached hydrogens (tertiary/aromatic N) is 1. The number of carbonyl (C=O) groups excluding carboxylic acids is 3. The Labute approximate surface area is 215 Å². The Morgan fingerprint density at radius 1 is 0.944 bits per heavy atom. The summed E-state index contributed by atoms with van der Waals surface area (Å²) >= 11 is 0. The van der Waals surface area contributed by atoms with Crippen LogP contribution in [0.2, 0.25) is 0 Å². The summed E-state index contributed by atoms with van der Waals surface area (Å²) in [5, 5.41) is 3.19. The van der Waals surface area contributed by atoms with Gasteiger partial charge >= 0.3 is 18.0 Å². The van der Waals surface area contributed by atoms with E-state index in [4.69, 9.17) is 14.2 Å². The summed E-state index contributed by atoms with van der Waals surface area (Å²) in [6.45, 7) is 16.5. The molecule has 0 spiro atoms. The first kappa shape index (κ1) is 29.2. The monoisotopic (exact) mass is 502 g/mol. The highest BCUT2D eigenvalue weighted by molar-refractivity contribution is 5.99. The Morgan fingerprint density at radius 2 is 1.44 bits per heavy atom. The molecule has 1 amide bonds. The normalized spacial score (nSPS) is 19.1. The van der Waals surface area contributed by atoms with Crippen molar-refractivity contribution < 1.29 is 28.6 Å². The van der Waals surface area contributed by atoms with Gasteiger partial charge in [-0.15, -0.1) is 0 Å². The zero-order valence-electron chi connectivity index (χ0n) is 23.4. The molecule has 1 atom stereocenters. The average molecular weight is 503 g/mol. The van der Waals surface area contributed by atoms with E-state index < -0.39 is 35.2 Å². The smallest absolute Gasteiger partial charge is 0.417 e. The molecule has 0 aromatic rings. The van der Waals surface area contributed by atoms with Crippen molar-refractivity contribution in [1.29, 1.82) is 0 Å². The Bertz CT molecular complexity index is 954. The summed E-state index contributed by atoms with van der Waals surface area (Å²) in [7, 11) is 1.31. The molecular weight excluding hydrogens is 460 g/mol. The topological polar surface area (TPSA) is 94.2 Å². The first-order valence-electron chi connectivity index (χ1n) is 12.5. The fourth-order valence-electron chi connectivity index (χ4n) is 4.34. The molecular formula is C28H42N2O6.